The monoisotopic (exact) mass is 726 g/mol. The highest BCUT2D eigenvalue weighted by atomic mass is 14.9. The van der Waals surface area contributed by atoms with E-state index >= 15 is 0 Å². The molecule has 10 aromatic rings. The second-order valence-electron chi connectivity index (χ2n) is 15.7. The van der Waals surface area contributed by atoms with Crippen molar-refractivity contribution in [2.24, 2.45) is 0 Å². The molecule has 1 aromatic heterocycles. The minimum Gasteiger partial charge on any atom is -0.228 e. The Morgan fingerprint density at radius 2 is 0.947 bits per heavy atom. The van der Waals surface area contributed by atoms with Gasteiger partial charge in [-0.15, -0.1) is 0 Å². The van der Waals surface area contributed by atoms with Crippen LogP contribution in [0.25, 0.3) is 99.6 Å². The summed E-state index contributed by atoms with van der Waals surface area (Å²) in [6.45, 7) is 4.68. The topological polar surface area (TPSA) is 25.8 Å². The van der Waals surface area contributed by atoms with Crippen molar-refractivity contribution in [1.29, 1.82) is 0 Å². The van der Waals surface area contributed by atoms with Crippen LogP contribution in [-0.4, -0.2) is 9.97 Å². The highest BCUT2D eigenvalue weighted by molar-refractivity contribution is 6.22. The van der Waals surface area contributed by atoms with Crippen molar-refractivity contribution in [2.75, 3.05) is 0 Å². The van der Waals surface area contributed by atoms with Gasteiger partial charge in [0.15, 0.2) is 5.82 Å². The maximum Gasteiger partial charge on any atom is 0.160 e. The third-order valence-electron chi connectivity index (χ3n) is 12.1. The fourth-order valence-electron chi connectivity index (χ4n) is 9.32. The Labute approximate surface area is 332 Å². The van der Waals surface area contributed by atoms with Gasteiger partial charge in [-0.25, -0.2) is 9.97 Å². The zero-order chi connectivity index (χ0) is 38.1. The lowest BCUT2D eigenvalue weighted by Gasteiger charge is -2.22. The smallest absolute Gasteiger partial charge is 0.160 e. The lowest BCUT2D eigenvalue weighted by molar-refractivity contribution is 0.660. The zero-order valence-electron chi connectivity index (χ0n) is 31.9. The highest BCUT2D eigenvalue weighted by Gasteiger charge is 2.36. The summed E-state index contributed by atoms with van der Waals surface area (Å²) in [5, 5.41) is 7.50. The molecule has 0 radical (unpaired) electrons. The van der Waals surface area contributed by atoms with E-state index in [4.69, 9.17) is 9.97 Å². The number of rotatable bonds is 5. The molecule has 57 heavy (non-hydrogen) atoms. The van der Waals surface area contributed by atoms with Gasteiger partial charge in [-0.1, -0.05) is 196 Å². The fraction of sp³-hybridized carbons (Fsp3) is 0.0545. The van der Waals surface area contributed by atoms with E-state index in [2.05, 4.69) is 208 Å². The van der Waals surface area contributed by atoms with E-state index < -0.39 is 0 Å². The number of nitrogens with zero attached hydrogens (tertiary/aromatic N) is 2. The van der Waals surface area contributed by atoms with Gasteiger partial charge in [-0.3, -0.25) is 0 Å². The molecule has 0 aliphatic heterocycles. The van der Waals surface area contributed by atoms with Gasteiger partial charge in [0.2, 0.25) is 0 Å². The van der Waals surface area contributed by atoms with E-state index in [1.54, 1.807) is 0 Å². The van der Waals surface area contributed by atoms with Crippen LogP contribution in [0.2, 0.25) is 0 Å². The molecule has 2 heteroatoms. The van der Waals surface area contributed by atoms with Crippen molar-refractivity contribution in [3.63, 3.8) is 0 Å². The van der Waals surface area contributed by atoms with E-state index in [1.165, 1.54) is 71.3 Å². The summed E-state index contributed by atoms with van der Waals surface area (Å²) in [4.78, 5) is 10.6. The molecule has 1 heterocycles. The summed E-state index contributed by atoms with van der Waals surface area (Å²) >= 11 is 0. The van der Waals surface area contributed by atoms with Gasteiger partial charge in [0.1, 0.15) is 0 Å². The molecule has 1 aliphatic rings. The zero-order valence-corrected chi connectivity index (χ0v) is 31.9. The van der Waals surface area contributed by atoms with Crippen LogP contribution in [0, 0.1) is 0 Å². The molecule has 0 bridgehead atoms. The molecule has 0 spiro atoms. The van der Waals surface area contributed by atoms with Crippen LogP contribution < -0.4 is 0 Å². The van der Waals surface area contributed by atoms with Crippen molar-refractivity contribution in [2.45, 2.75) is 19.3 Å². The maximum absolute atomic E-state index is 5.38. The SMILES string of the molecule is CC1(C)c2ccccc2-c2c(-c3ccccc3-c3cc(-c4ccccc4)nc(-c4ccc(-c5c6ccccc6cc6ccc7ccccc7c56)cc4)n3)cccc21. The second-order valence-corrected chi connectivity index (χ2v) is 15.7. The highest BCUT2D eigenvalue weighted by Crippen LogP contribution is 2.53. The van der Waals surface area contributed by atoms with Crippen molar-refractivity contribution >= 4 is 32.3 Å². The van der Waals surface area contributed by atoms with Crippen LogP contribution in [0.1, 0.15) is 25.0 Å². The number of hydrogen-bond acceptors (Lipinski definition) is 2. The lowest BCUT2D eigenvalue weighted by atomic mass is 9.81. The van der Waals surface area contributed by atoms with Crippen LogP contribution in [0.3, 0.4) is 0 Å². The normalized spacial score (nSPS) is 12.9. The molecule has 9 aromatic carbocycles. The maximum atomic E-state index is 5.38. The fourth-order valence-corrected chi connectivity index (χ4v) is 9.32. The van der Waals surface area contributed by atoms with Crippen LogP contribution in [-0.2, 0) is 5.41 Å². The van der Waals surface area contributed by atoms with Crippen LogP contribution >= 0.6 is 0 Å². The largest absolute Gasteiger partial charge is 0.228 e. The van der Waals surface area contributed by atoms with Gasteiger partial charge in [-0.2, -0.15) is 0 Å². The molecule has 268 valence electrons. The average molecular weight is 727 g/mol. The minimum atomic E-state index is -0.0863. The average Bonchev–Trinajstić information content (AvgIpc) is 3.51. The second kappa shape index (κ2) is 13.0. The number of benzene rings is 9. The first-order chi connectivity index (χ1) is 28.0. The first-order valence-corrected chi connectivity index (χ1v) is 19.7. The van der Waals surface area contributed by atoms with E-state index in [0.29, 0.717) is 5.82 Å². The van der Waals surface area contributed by atoms with Crippen molar-refractivity contribution in [3.05, 3.63) is 205 Å². The Morgan fingerprint density at radius 3 is 1.77 bits per heavy atom. The van der Waals surface area contributed by atoms with Gasteiger partial charge >= 0.3 is 0 Å². The first kappa shape index (κ1) is 33.2. The lowest BCUT2D eigenvalue weighted by Crippen LogP contribution is -2.14. The third-order valence-corrected chi connectivity index (χ3v) is 12.1. The van der Waals surface area contributed by atoms with Gasteiger partial charge in [-0.05, 0) is 89.0 Å². The van der Waals surface area contributed by atoms with E-state index in [0.717, 1.165) is 33.6 Å². The van der Waals surface area contributed by atoms with Gasteiger partial charge in [0, 0.05) is 22.1 Å². The summed E-state index contributed by atoms with van der Waals surface area (Å²) in [7, 11) is 0. The summed E-state index contributed by atoms with van der Waals surface area (Å²) < 4.78 is 0. The molecule has 0 amide bonds. The minimum absolute atomic E-state index is 0.0863. The summed E-state index contributed by atoms with van der Waals surface area (Å²) in [5.41, 5.74) is 15.0. The predicted octanol–water partition coefficient (Wildman–Crippen LogP) is 14.6. The Kier molecular flexibility index (Phi) is 7.55. The third kappa shape index (κ3) is 5.33. The van der Waals surface area contributed by atoms with Crippen LogP contribution in [0.4, 0.5) is 0 Å². The molecule has 0 N–H and O–H groups in total. The molecular formula is C55H38N2. The quantitative estimate of drug-likeness (QED) is 0.130. The van der Waals surface area contributed by atoms with E-state index in [9.17, 15) is 0 Å². The predicted molar refractivity (Wildman–Crippen MR) is 239 cm³/mol. The van der Waals surface area contributed by atoms with Crippen molar-refractivity contribution in [3.8, 4) is 67.3 Å². The number of hydrogen-bond donors (Lipinski definition) is 0. The first-order valence-electron chi connectivity index (χ1n) is 19.7. The van der Waals surface area contributed by atoms with Crippen molar-refractivity contribution in [1.82, 2.24) is 9.97 Å². The summed E-state index contributed by atoms with van der Waals surface area (Å²) in [6.07, 6.45) is 0. The summed E-state index contributed by atoms with van der Waals surface area (Å²) in [6, 6.07) is 70.1. The van der Waals surface area contributed by atoms with Gasteiger partial charge < -0.3 is 0 Å². The van der Waals surface area contributed by atoms with Gasteiger partial charge in [0.05, 0.1) is 11.4 Å². The van der Waals surface area contributed by atoms with Crippen molar-refractivity contribution < 1.29 is 0 Å². The van der Waals surface area contributed by atoms with E-state index in [1.807, 2.05) is 0 Å². The molecule has 0 unspecified atom stereocenters. The van der Waals surface area contributed by atoms with Gasteiger partial charge in [0.25, 0.3) is 0 Å². The molecule has 0 atom stereocenters. The molecule has 0 saturated heterocycles. The Bertz CT molecular complexity index is 3190. The summed E-state index contributed by atoms with van der Waals surface area (Å²) in [5.74, 6) is 0.700. The standard InChI is InChI=1S/C55H38N2/c1-55(2)47-25-13-12-23-46(47)53-45(24-14-26-48(53)55)43-21-10-11-22-44(43)50-34-49(36-16-4-3-5-17-36)56-54(57-50)38-30-28-37(29-31-38)51-42-20-9-7-18-39(42)33-40-32-27-35-15-6-8-19-41(35)52(40)51/h3-34H,1-2H3. The van der Waals surface area contributed by atoms with E-state index in [-0.39, 0.29) is 5.41 Å². The molecule has 2 nitrogen and oxygen atoms in total. The molecular weight excluding hydrogens is 689 g/mol. The molecule has 11 rings (SSSR count). The Morgan fingerprint density at radius 1 is 0.351 bits per heavy atom. The Hall–Kier alpha value is -7.16. The molecule has 1 aliphatic carbocycles. The number of fused-ring (bicyclic) bond motifs is 7. The van der Waals surface area contributed by atoms with Crippen LogP contribution in [0.5, 0.6) is 0 Å². The van der Waals surface area contributed by atoms with Crippen LogP contribution in [0.15, 0.2) is 194 Å². The molecule has 0 saturated carbocycles. The Balaban J connectivity index is 1.09. The molecule has 0 fully saturated rings. The number of aromatic nitrogens is 2.